The Morgan fingerprint density at radius 1 is 0.833 bits per heavy atom. The number of hydrogen-bond donors (Lipinski definition) is 1. The van der Waals surface area contributed by atoms with Crippen LogP contribution in [0, 0.1) is 0 Å². The van der Waals surface area contributed by atoms with Gasteiger partial charge in [-0.1, -0.05) is 36.8 Å². The van der Waals surface area contributed by atoms with Gasteiger partial charge < -0.3 is 5.32 Å². The van der Waals surface area contributed by atoms with Crippen molar-refractivity contribution in [3.05, 3.63) is 90.0 Å². The van der Waals surface area contributed by atoms with Crippen molar-refractivity contribution in [3.8, 4) is 0 Å². The van der Waals surface area contributed by atoms with Gasteiger partial charge in [0.15, 0.2) is 0 Å². The average Bonchev–Trinajstić information content (AvgIpc) is 2.88. The number of nitrogens with one attached hydrogen (secondary N) is 1. The van der Waals surface area contributed by atoms with Crippen molar-refractivity contribution in [2.45, 2.75) is 30.7 Å². The number of nitrogens with zero attached hydrogens (tertiary/aromatic N) is 2. The van der Waals surface area contributed by atoms with Crippen LogP contribution in [0.4, 0.5) is 11.4 Å². The molecule has 1 N–H and O–H groups in total. The molecule has 190 valence electrons. The lowest BCUT2D eigenvalue weighted by atomic mass is 10.1. The Hall–Kier alpha value is -3.21. The lowest BCUT2D eigenvalue weighted by molar-refractivity contribution is 0.102. The molecule has 0 aliphatic carbocycles. The van der Waals surface area contributed by atoms with Crippen LogP contribution in [-0.4, -0.2) is 46.4 Å². The van der Waals surface area contributed by atoms with E-state index in [9.17, 15) is 21.6 Å². The van der Waals surface area contributed by atoms with Gasteiger partial charge in [-0.05, 0) is 66.9 Å². The van der Waals surface area contributed by atoms with Gasteiger partial charge in [0, 0.05) is 24.3 Å². The highest BCUT2D eigenvalue weighted by Gasteiger charge is 2.25. The first kappa shape index (κ1) is 25.9. The largest absolute Gasteiger partial charge is 0.322 e. The van der Waals surface area contributed by atoms with Crippen LogP contribution in [0.2, 0.25) is 0 Å². The Morgan fingerprint density at radius 3 is 2.03 bits per heavy atom. The Morgan fingerprint density at radius 2 is 1.44 bits per heavy atom. The van der Waals surface area contributed by atoms with Gasteiger partial charge in [-0.2, -0.15) is 4.31 Å². The SMILES string of the molecule is CS(=O)(=O)N(Cc1ccccc1)c1ccc(C(=O)Nc2ccc(S(=O)(=O)N3CCCCC3)cc2)cc1. The molecule has 10 heteroatoms. The molecule has 0 radical (unpaired) electrons. The van der Waals surface area contributed by atoms with Gasteiger partial charge >= 0.3 is 0 Å². The fraction of sp³-hybridized carbons (Fsp3) is 0.269. The van der Waals surface area contributed by atoms with Crippen molar-refractivity contribution in [1.82, 2.24) is 4.31 Å². The van der Waals surface area contributed by atoms with E-state index in [2.05, 4.69) is 5.32 Å². The molecule has 1 aliphatic heterocycles. The second-order valence-electron chi connectivity index (χ2n) is 8.75. The fourth-order valence-corrected chi connectivity index (χ4v) is 6.50. The van der Waals surface area contributed by atoms with Crippen molar-refractivity contribution in [2.24, 2.45) is 0 Å². The maximum atomic E-state index is 12.8. The number of carbonyl (C=O) groups is 1. The third kappa shape index (κ3) is 6.13. The molecule has 1 aliphatic rings. The van der Waals surface area contributed by atoms with E-state index in [1.807, 2.05) is 30.3 Å². The van der Waals surface area contributed by atoms with Gasteiger partial charge in [0.1, 0.15) is 0 Å². The van der Waals surface area contributed by atoms with E-state index in [-0.39, 0.29) is 17.3 Å². The van der Waals surface area contributed by atoms with Crippen molar-refractivity contribution in [2.75, 3.05) is 29.0 Å². The van der Waals surface area contributed by atoms with Crippen LogP contribution in [0.5, 0.6) is 0 Å². The van der Waals surface area contributed by atoms with Crippen LogP contribution in [-0.2, 0) is 26.6 Å². The Kier molecular flexibility index (Phi) is 7.77. The average molecular weight is 528 g/mol. The van der Waals surface area contributed by atoms with Crippen LogP contribution < -0.4 is 9.62 Å². The highest BCUT2D eigenvalue weighted by atomic mass is 32.2. The number of benzene rings is 3. The first-order valence-corrected chi connectivity index (χ1v) is 15.0. The minimum Gasteiger partial charge on any atom is -0.322 e. The molecule has 1 fully saturated rings. The first-order chi connectivity index (χ1) is 17.1. The van der Waals surface area contributed by atoms with Gasteiger partial charge in [0.2, 0.25) is 20.0 Å². The summed E-state index contributed by atoms with van der Waals surface area (Å²) in [6.45, 7) is 1.23. The molecule has 3 aromatic carbocycles. The molecule has 4 rings (SSSR count). The highest BCUT2D eigenvalue weighted by Crippen LogP contribution is 2.24. The molecule has 0 saturated carbocycles. The van der Waals surface area contributed by atoms with E-state index in [1.54, 1.807) is 36.4 Å². The molecule has 1 amide bonds. The van der Waals surface area contributed by atoms with Gasteiger partial charge in [-0.25, -0.2) is 16.8 Å². The van der Waals surface area contributed by atoms with Crippen molar-refractivity contribution in [1.29, 1.82) is 0 Å². The molecular weight excluding hydrogens is 498 g/mol. The van der Waals surface area contributed by atoms with Gasteiger partial charge in [0.25, 0.3) is 5.91 Å². The number of piperidine rings is 1. The Bertz CT molecular complexity index is 1400. The van der Waals surface area contributed by atoms with Crippen molar-refractivity contribution in [3.63, 3.8) is 0 Å². The molecule has 0 unspecified atom stereocenters. The predicted octanol–water partition coefficient (Wildman–Crippen LogP) is 4.08. The molecule has 0 bridgehead atoms. The number of rotatable bonds is 8. The minimum absolute atomic E-state index is 0.178. The van der Waals surface area contributed by atoms with Crippen LogP contribution >= 0.6 is 0 Å². The Balaban J connectivity index is 1.45. The predicted molar refractivity (Wildman–Crippen MR) is 141 cm³/mol. The second kappa shape index (κ2) is 10.8. The minimum atomic E-state index is -3.54. The van der Waals surface area contributed by atoms with E-state index in [1.165, 1.54) is 20.7 Å². The van der Waals surface area contributed by atoms with Crippen LogP contribution in [0.1, 0.15) is 35.2 Å². The lowest BCUT2D eigenvalue weighted by Crippen LogP contribution is -2.35. The summed E-state index contributed by atoms with van der Waals surface area (Å²) in [5, 5.41) is 2.76. The third-order valence-electron chi connectivity index (χ3n) is 6.05. The lowest BCUT2D eigenvalue weighted by Gasteiger charge is -2.25. The van der Waals surface area contributed by atoms with Crippen LogP contribution in [0.3, 0.4) is 0 Å². The summed E-state index contributed by atoms with van der Waals surface area (Å²) in [5.74, 6) is -0.387. The first-order valence-electron chi connectivity index (χ1n) is 11.7. The van der Waals surface area contributed by atoms with Crippen molar-refractivity contribution >= 4 is 37.3 Å². The monoisotopic (exact) mass is 527 g/mol. The maximum absolute atomic E-state index is 12.8. The summed E-state index contributed by atoms with van der Waals surface area (Å²) in [6, 6.07) is 21.7. The molecule has 36 heavy (non-hydrogen) atoms. The number of carbonyl (C=O) groups excluding carboxylic acids is 1. The normalized spacial score (nSPS) is 14.8. The van der Waals surface area contributed by atoms with E-state index in [0.717, 1.165) is 31.1 Å². The fourth-order valence-electron chi connectivity index (χ4n) is 4.10. The number of hydrogen-bond acceptors (Lipinski definition) is 5. The topological polar surface area (TPSA) is 104 Å². The summed E-state index contributed by atoms with van der Waals surface area (Å²) in [5.41, 5.74) is 2.10. The third-order valence-corrected chi connectivity index (χ3v) is 9.11. The van der Waals surface area contributed by atoms with E-state index >= 15 is 0 Å². The summed E-state index contributed by atoms with van der Waals surface area (Å²) >= 11 is 0. The zero-order valence-electron chi connectivity index (χ0n) is 20.0. The summed E-state index contributed by atoms with van der Waals surface area (Å²) in [7, 11) is -7.08. The molecule has 0 atom stereocenters. The second-order valence-corrected chi connectivity index (χ2v) is 12.6. The standard InChI is InChI=1S/C26H29N3O5S2/c1-35(31,32)29(20-21-8-4-2-5-9-21)24-14-10-22(11-15-24)26(30)27-23-12-16-25(17-13-23)36(33,34)28-18-6-3-7-19-28/h2,4-5,8-17H,3,6-7,18-20H2,1H3,(H,27,30). The zero-order chi connectivity index (χ0) is 25.8. The molecule has 1 heterocycles. The van der Waals surface area contributed by atoms with E-state index < -0.39 is 20.0 Å². The van der Waals surface area contributed by atoms with Gasteiger partial charge in [-0.15, -0.1) is 0 Å². The Labute approximate surface area is 212 Å². The van der Waals surface area contributed by atoms with E-state index in [0.29, 0.717) is 30.0 Å². The van der Waals surface area contributed by atoms with Crippen molar-refractivity contribution < 1.29 is 21.6 Å². The van der Waals surface area contributed by atoms with Crippen LogP contribution in [0.15, 0.2) is 83.8 Å². The molecule has 3 aromatic rings. The number of amides is 1. The summed E-state index contributed by atoms with van der Waals surface area (Å²) in [6.07, 6.45) is 3.91. The molecule has 0 spiro atoms. The van der Waals surface area contributed by atoms with Gasteiger partial charge in [0.05, 0.1) is 23.4 Å². The van der Waals surface area contributed by atoms with Gasteiger partial charge in [-0.3, -0.25) is 9.10 Å². The maximum Gasteiger partial charge on any atom is 0.255 e. The molecule has 0 aromatic heterocycles. The quantitative estimate of drug-likeness (QED) is 0.475. The molecule has 8 nitrogen and oxygen atoms in total. The molecule has 1 saturated heterocycles. The van der Waals surface area contributed by atoms with Crippen LogP contribution in [0.25, 0.3) is 0 Å². The number of sulfonamides is 2. The highest BCUT2D eigenvalue weighted by molar-refractivity contribution is 7.92. The van der Waals surface area contributed by atoms with E-state index in [4.69, 9.17) is 0 Å². The number of anilines is 2. The summed E-state index contributed by atoms with van der Waals surface area (Å²) < 4.78 is 53.2. The smallest absolute Gasteiger partial charge is 0.255 e. The summed E-state index contributed by atoms with van der Waals surface area (Å²) in [4.78, 5) is 12.9. The zero-order valence-corrected chi connectivity index (χ0v) is 21.6. The molecular formula is C26H29N3O5S2.